The van der Waals surface area contributed by atoms with Gasteiger partial charge in [0.15, 0.2) is 11.8 Å². The molecule has 2 rings (SSSR count). The molecular formula is C22H33N5O. The van der Waals surface area contributed by atoms with E-state index in [1.54, 1.807) is 0 Å². The molecule has 0 aliphatic heterocycles. The minimum absolute atomic E-state index is 0.550. The Bertz CT molecular complexity index is 872. The molecule has 28 heavy (non-hydrogen) atoms. The Morgan fingerprint density at radius 2 is 1.75 bits per heavy atom. The van der Waals surface area contributed by atoms with E-state index < -0.39 is 0 Å². The fourth-order valence-electron chi connectivity index (χ4n) is 3.08. The van der Waals surface area contributed by atoms with Crippen LogP contribution >= 0.6 is 0 Å². The maximum atomic E-state index is 4.93. The molecule has 0 aliphatic carbocycles. The van der Waals surface area contributed by atoms with Crippen molar-refractivity contribution in [3.8, 4) is 0 Å². The molecule has 0 amide bonds. The molecule has 0 aliphatic rings. The fraction of sp³-hybridized carbons (Fsp3) is 0.500. The van der Waals surface area contributed by atoms with Crippen molar-refractivity contribution in [2.45, 2.75) is 59.9 Å². The average molecular weight is 384 g/mol. The third-order valence-electron chi connectivity index (χ3n) is 4.65. The minimum Gasteiger partial charge on any atom is -0.407 e. The molecule has 0 fully saturated rings. The Kier molecular flexibility index (Phi) is 8.39. The van der Waals surface area contributed by atoms with Gasteiger partial charge < -0.3 is 15.3 Å². The molecule has 0 N–H and O–H groups in total. The summed E-state index contributed by atoms with van der Waals surface area (Å²) in [5.74, 6) is 0.550. The second-order valence-electron chi connectivity index (χ2n) is 7.48. The van der Waals surface area contributed by atoms with Crippen LogP contribution in [0.1, 0.15) is 53.4 Å². The van der Waals surface area contributed by atoms with Gasteiger partial charge >= 0.3 is 5.65 Å². The summed E-state index contributed by atoms with van der Waals surface area (Å²) in [6.45, 7) is 9.48. The maximum absolute atomic E-state index is 4.93. The highest BCUT2D eigenvalue weighted by Crippen LogP contribution is 2.24. The van der Waals surface area contributed by atoms with Gasteiger partial charge in [-0.1, -0.05) is 34.9 Å². The molecule has 0 saturated heterocycles. The summed E-state index contributed by atoms with van der Waals surface area (Å²) in [4.78, 5) is 13.5. The van der Waals surface area contributed by atoms with Crippen molar-refractivity contribution < 1.29 is 9.40 Å². The molecule has 6 heteroatoms. The molecule has 0 spiro atoms. The van der Waals surface area contributed by atoms with Crippen molar-refractivity contribution in [1.29, 1.82) is 0 Å². The number of fused-ring (bicyclic) bond motifs is 1. The second-order valence-corrected chi connectivity index (χ2v) is 7.48. The number of rotatable bonds is 10. The Hall–Kier alpha value is -2.47. The molecule has 0 unspecified atom stereocenters. The number of nitrogens with zero attached hydrogens (tertiary/aromatic N) is 5. The topological polar surface area (TPSA) is 57.9 Å². The maximum Gasteiger partial charge on any atom is 0.300 e. The van der Waals surface area contributed by atoms with Crippen molar-refractivity contribution in [3.63, 3.8) is 0 Å². The SMILES string of the molecule is CO[N-]c1ncnc2c1n(C/C=C(\C)CC/C=C(/C)CCC=C(C)C)c[n+]2C. The van der Waals surface area contributed by atoms with E-state index in [2.05, 4.69) is 65.9 Å². The first-order chi connectivity index (χ1) is 13.4. The van der Waals surface area contributed by atoms with Gasteiger partial charge in [0.25, 0.3) is 0 Å². The summed E-state index contributed by atoms with van der Waals surface area (Å²) in [7, 11) is 3.50. The largest absolute Gasteiger partial charge is 0.407 e. The van der Waals surface area contributed by atoms with E-state index >= 15 is 0 Å². The summed E-state index contributed by atoms with van der Waals surface area (Å²) >= 11 is 0. The lowest BCUT2D eigenvalue weighted by molar-refractivity contribution is -0.647. The van der Waals surface area contributed by atoms with Crippen LogP contribution < -0.4 is 4.57 Å². The van der Waals surface area contributed by atoms with Gasteiger partial charge in [-0.3, -0.25) is 4.57 Å². The zero-order valence-electron chi connectivity index (χ0n) is 18.1. The van der Waals surface area contributed by atoms with Crippen molar-refractivity contribution in [2.75, 3.05) is 7.11 Å². The highest BCUT2D eigenvalue weighted by molar-refractivity contribution is 5.81. The first-order valence-electron chi connectivity index (χ1n) is 9.80. The third-order valence-corrected chi connectivity index (χ3v) is 4.65. The first-order valence-corrected chi connectivity index (χ1v) is 9.80. The molecular weight excluding hydrogens is 350 g/mol. The summed E-state index contributed by atoms with van der Waals surface area (Å²) in [6, 6.07) is 0. The van der Waals surface area contributed by atoms with Gasteiger partial charge in [0.1, 0.15) is 0 Å². The lowest BCUT2D eigenvalue weighted by Gasteiger charge is -2.11. The van der Waals surface area contributed by atoms with Crippen LogP contribution in [0, 0.1) is 0 Å². The van der Waals surface area contributed by atoms with E-state index in [0.717, 1.165) is 43.4 Å². The predicted octanol–water partition coefficient (Wildman–Crippen LogP) is 5.24. The number of imidazole rings is 1. The number of hydrogen-bond donors (Lipinski definition) is 0. The molecule has 2 aromatic heterocycles. The van der Waals surface area contributed by atoms with E-state index in [4.69, 9.17) is 4.84 Å². The van der Waals surface area contributed by atoms with E-state index in [1.165, 1.54) is 30.2 Å². The van der Waals surface area contributed by atoms with Crippen LogP contribution in [-0.2, 0) is 18.4 Å². The monoisotopic (exact) mass is 383 g/mol. The van der Waals surface area contributed by atoms with Crippen LogP contribution in [0.25, 0.3) is 16.6 Å². The van der Waals surface area contributed by atoms with Gasteiger partial charge in [0, 0.05) is 12.9 Å². The molecule has 0 radical (unpaired) electrons. The van der Waals surface area contributed by atoms with Gasteiger partial charge in [0.2, 0.25) is 0 Å². The van der Waals surface area contributed by atoms with Gasteiger partial charge in [-0.15, -0.1) is 4.98 Å². The summed E-state index contributed by atoms with van der Waals surface area (Å²) in [5.41, 5.74) is 9.98. The van der Waals surface area contributed by atoms with Crippen LogP contribution in [0.5, 0.6) is 0 Å². The first kappa shape index (κ1) is 21.8. The van der Waals surface area contributed by atoms with E-state index in [-0.39, 0.29) is 0 Å². The number of hydrogen-bond acceptors (Lipinski definition) is 3. The van der Waals surface area contributed by atoms with Gasteiger partial charge in [-0.2, -0.15) is 0 Å². The molecule has 2 aromatic rings. The number of aryl methyl sites for hydroxylation is 1. The van der Waals surface area contributed by atoms with Gasteiger partial charge in [-0.25, -0.2) is 4.57 Å². The average Bonchev–Trinajstić information content (AvgIpc) is 2.97. The summed E-state index contributed by atoms with van der Waals surface area (Å²) in [6.07, 6.45) is 14.9. The quantitative estimate of drug-likeness (QED) is 0.320. The lowest BCUT2D eigenvalue weighted by atomic mass is 10.1. The van der Waals surface area contributed by atoms with Crippen molar-refractivity contribution >= 4 is 17.0 Å². The van der Waals surface area contributed by atoms with Crippen molar-refractivity contribution in [3.05, 3.63) is 53.1 Å². The zero-order chi connectivity index (χ0) is 20.5. The normalized spacial score (nSPS) is 12.5. The van der Waals surface area contributed by atoms with E-state index in [0.29, 0.717) is 5.82 Å². The predicted molar refractivity (Wildman–Crippen MR) is 114 cm³/mol. The molecule has 2 heterocycles. The zero-order valence-corrected chi connectivity index (χ0v) is 18.1. The Morgan fingerprint density at radius 1 is 1.07 bits per heavy atom. The fourth-order valence-corrected chi connectivity index (χ4v) is 3.08. The van der Waals surface area contributed by atoms with E-state index in [9.17, 15) is 0 Å². The van der Waals surface area contributed by atoms with Crippen LogP contribution in [0.4, 0.5) is 5.82 Å². The van der Waals surface area contributed by atoms with E-state index in [1.807, 2.05) is 17.9 Å². The van der Waals surface area contributed by atoms with Crippen LogP contribution in [-0.4, -0.2) is 21.6 Å². The van der Waals surface area contributed by atoms with Crippen LogP contribution in [0.15, 0.2) is 47.6 Å². The molecule has 0 saturated carbocycles. The molecule has 6 nitrogen and oxygen atoms in total. The molecule has 152 valence electrons. The molecule has 0 aromatic carbocycles. The highest BCUT2D eigenvalue weighted by atomic mass is 16.6. The Labute approximate surface area is 168 Å². The highest BCUT2D eigenvalue weighted by Gasteiger charge is 2.14. The minimum atomic E-state index is 0.550. The third kappa shape index (κ3) is 6.30. The van der Waals surface area contributed by atoms with Crippen LogP contribution in [0.2, 0.25) is 0 Å². The van der Waals surface area contributed by atoms with Crippen LogP contribution in [0.3, 0.4) is 0 Å². The lowest BCUT2D eigenvalue weighted by Crippen LogP contribution is -2.26. The molecule has 0 bridgehead atoms. The van der Waals surface area contributed by atoms with Crippen molar-refractivity contribution in [1.82, 2.24) is 14.5 Å². The number of allylic oxidation sites excluding steroid dienone is 6. The summed E-state index contributed by atoms with van der Waals surface area (Å²) < 4.78 is 4.09. The molecule has 0 atom stereocenters. The Morgan fingerprint density at radius 3 is 2.43 bits per heavy atom. The Balaban J connectivity index is 1.98. The second kappa shape index (κ2) is 10.8. The standard InChI is InChI=1S/C22H33N5O/c1-17(2)9-7-10-18(3)11-8-12-19(4)13-14-27-16-26(5)22-20(27)21(25-28-6)23-15-24-22/h9,11,13,15-16H,7-8,10,12,14H2,1-6H3/b18-11-,19-13+. The van der Waals surface area contributed by atoms with Gasteiger partial charge in [0.05, 0.1) is 19.9 Å². The smallest absolute Gasteiger partial charge is 0.300 e. The number of aromatic nitrogens is 4. The van der Waals surface area contributed by atoms with Gasteiger partial charge in [-0.05, 0) is 53.4 Å². The van der Waals surface area contributed by atoms with Crippen molar-refractivity contribution in [2.24, 2.45) is 7.05 Å². The summed E-state index contributed by atoms with van der Waals surface area (Å²) in [5, 5.41) is 0.